The van der Waals surface area contributed by atoms with Gasteiger partial charge in [0.2, 0.25) is 5.95 Å². The molecule has 1 saturated carbocycles. The number of ether oxygens (including phenoxy) is 2. The lowest BCUT2D eigenvalue weighted by atomic mass is 10.2. The summed E-state index contributed by atoms with van der Waals surface area (Å²) in [6.45, 7) is 5.84. The smallest absolute Gasteiger partial charge is 0.410 e. The van der Waals surface area contributed by atoms with Crippen molar-refractivity contribution in [3.8, 4) is 5.75 Å². The molecule has 5 nitrogen and oxygen atoms in total. The molecule has 0 bridgehead atoms. The summed E-state index contributed by atoms with van der Waals surface area (Å²) in [6.07, 6.45) is 2.69. The Morgan fingerprint density at radius 1 is 1.43 bits per heavy atom. The highest BCUT2D eigenvalue weighted by molar-refractivity contribution is 5.69. The average Bonchev–Trinajstić information content (AvgIpc) is 3.16. The number of aromatic nitrogens is 1. The molecule has 0 aromatic carbocycles. The number of amides is 1. The number of hydrogen-bond acceptors (Lipinski definition) is 4. The topological polar surface area (TPSA) is 51.7 Å². The minimum atomic E-state index is -0.547. The largest absolute Gasteiger partial charge is 0.490 e. The fourth-order valence-corrected chi connectivity index (χ4v) is 1.91. The normalized spacial score (nSPS) is 16.2. The molecular formula is C15H21FN2O3. The quantitative estimate of drug-likeness (QED) is 0.801. The van der Waals surface area contributed by atoms with E-state index in [2.05, 4.69) is 4.98 Å². The zero-order valence-corrected chi connectivity index (χ0v) is 12.9. The van der Waals surface area contributed by atoms with Crippen LogP contribution in [0.25, 0.3) is 0 Å². The third-order valence-corrected chi connectivity index (χ3v) is 3.41. The molecule has 0 N–H and O–H groups in total. The Hall–Kier alpha value is -1.85. The number of halogens is 1. The van der Waals surface area contributed by atoms with Gasteiger partial charge in [-0.15, -0.1) is 0 Å². The number of hydrogen-bond donors (Lipinski definition) is 0. The third kappa shape index (κ3) is 4.06. The molecule has 6 heteroatoms. The van der Waals surface area contributed by atoms with Crippen molar-refractivity contribution >= 4 is 6.09 Å². The summed E-state index contributed by atoms with van der Waals surface area (Å²) in [5.41, 5.74) is -0.861. The van der Waals surface area contributed by atoms with E-state index in [1.54, 1.807) is 11.9 Å². The molecule has 1 aromatic rings. The van der Waals surface area contributed by atoms with E-state index in [0.29, 0.717) is 12.4 Å². The van der Waals surface area contributed by atoms with Gasteiger partial charge in [-0.05, 0) is 45.7 Å². The molecule has 0 atom stereocenters. The number of nitrogens with zero attached hydrogens (tertiary/aromatic N) is 2. The van der Waals surface area contributed by atoms with E-state index in [0.717, 1.165) is 12.8 Å². The van der Waals surface area contributed by atoms with Crippen molar-refractivity contribution in [3.63, 3.8) is 0 Å². The highest BCUT2D eigenvalue weighted by Crippen LogP contribution is 2.41. The van der Waals surface area contributed by atoms with Crippen LogP contribution in [0.1, 0.15) is 33.6 Å². The Morgan fingerprint density at radius 3 is 2.57 bits per heavy atom. The van der Waals surface area contributed by atoms with Gasteiger partial charge in [0.25, 0.3) is 0 Å². The maximum atomic E-state index is 12.7. The van der Waals surface area contributed by atoms with E-state index in [1.807, 2.05) is 20.8 Å². The van der Waals surface area contributed by atoms with Crippen LogP contribution in [0.15, 0.2) is 18.3 Å². The molecule has 1 heterocycles. The number of carbonyl (C=O) groups is 1. The zero-order chi connectivity index (χ0) is 15.7. The van der Waals surface area contributed by atoms with Gasteiger partial charge in [0.15, 0.2) is 0 Å². The van der Waals surface area contributed by atoms with Crippen LogP contribution >= 0.6 is 0 Å². The van der Waals surface area contributed by atoms with E-state index in [-0.39, 0.29) is 11.6 Å². The fraction of sp³-hybridized carbons (Fsp3) is 0.600. The van der Waals surface area contributed by atoms with E-state index in [1.165, 1.54) is 18.3 Å². The lowest BCUT2D eigenvalue weighted by Gasteiger charge is -2.30. The Bertz CT molecular complexity index is 507. The van der Waals surface area contributed by atoms with Crippen LogP contribution in [-0.4, -0.2) is 40.8 Å². The second kappa shape index (κ2) is 5.50. The fourth-order valence-electron chi connectivity index (χ4n) is 1.91. The Labute approximate surface area is 124 Å². The third-order valence-electron chi connectivity index (χ3n) is 3.41. The monoisotopic (exact) mass is 296 g/mol. The lowest BCUT2D eigenvalue weighted by Crippen LogP contribution is -2.45. The minimum Gasteiger partial charge on any atom is -0.490 e. The van der Waals surface area contributed by atoms with E-state index in [4.69, 9.17) is 9.47 Å². The molecule has 0 saturated heterocycles. The van der Waals surface area contributed by atoms with E-state index >= 15 is 0 Å². The SMILES string of the molecule is CN(C(=O)OC(C)(C)C)C1(COc2ccc(F)nc2)CC1. The van der Waals surface area contributed by atoms with Gasteiger partial charge in [-0.3, -0.25) is 0 Å². The highest BCUT2D eigenvalue weighted by atomic mass is 19.1. The number of rotatable bonds is 4. The number of likely N-dealkylation sites (N-methyl/N-ethyl adjacent to an activating group) is 1. The van der Waals surface area contributed by atoms with Crippen molar-refractivity contribution in [2.45, 2.75) is 44.8 Å². The summed E-state index contributed by atoms with van der Waals surface area (Å²) >= 11 is 0. The van der Waals surface area contributed by atoms with Gasteiger partial charge in [-0.1, -0.05) is 0 Å². The van der Waals surface area contributed by atoms with Gasteiger partial charge >= 0.3 is 6.09 Å². The highest BCUT2D eigenvalue weighted by Gasteiger charge is 2.50. The summed E-state index contributed by atoms with van der Waals surface area (Å²) < 4.78 is 23.7. The first kappa shape index (κ1) is 15.5. The van der Waals surface area contributed by atoms with Crippen molar-refractivity contribution in [3.05, 3.63) is 24.3 Å². The first-order valence-corrected chi connectivity index (χ1v) is 6.93. The van der Waals surface area contributed by atoms with Gasteiger partial charge in [0.05, 0.1) is 11.7 Å². The van der Waals surface area contributed by atoms with E-state index < -0.39 is 11.5 Å². The van der Waals surface area contributed by atoms with Crippen LogP contribution in [0.2, 0.25) is 0 Å². The van der Waals surface area contributed by atoms with Crippen molar-refractivity contribution in [2.24, 2.45) is 0 Å². The Kier molecular flexibility index (Phi) is 4.07. The van der Waals surface area contributed by atoms with Gasteiger partial charge in [-0.25, -0.2) is 9.78 Å². The molecule has 1 aliphatic carbocycles. The standard InChI is InChI=1S/C15H21FN2O3/c1-14(2,3)21-13(19)18(4)15(7-8-15)10-20-11-5-6-12(16)17-9-11/h5-6,9H,7-8,10H2,1-4H3. The summed E-state index contributed by atoms with van der Waals surface area (Å²) in [6, 6.07) is 2.76. The first-order valence-electron chi connectivity index (χ1n) is 6.93. The number of carbonyl (C=O) groups excluding carboxylic acids is 1. The average molecular weight is 296 g/mol. The molecule has 1 amide bonds. The predicted molar refractivity (Wildman–Crippen MR) is 75.7 cm³/mol. The second-order valence-corrected chi connectivity index (χ2v) is 6.37. The molecule has 0 aliphatic heterocycles. The summed E-state index contributed by atoms with van der Waals surface area (Å²) in [4.78, 5) is 17.2. The molecule has 21 heavy (non-hydrogen) atoms. The Balaban J connectivity index is 1.93. The molecule has 1 aromatic heterocycles. The Morgan fingerprint density at radius 2 is 2.10 bits per heavy atom. The maximum Gasteiger partial charge on any atom is 0.410 e. The second-order valence-electron chi connectivity index (χ2n) is 6.37. The maximum absolute atomic E-state index is 12.7. The zero-order valence-electron chi connectivity index (χ0n) is 12.9. The van der Waals surface area contributed by atoms with Crippen molar-refractivity contribution < 1.29 is 18.7 Å². The summed E-state index contributed by atoms with van der Waals surface area (Å²) in [7, 11) is 1.72. The van der Waals surface area contributed by atoms with Crippen LogP contribution in [-0.2, 0) is 4.74 Å². The van der Waals surface area contributed by atoms with Gasteiger partial charge in [-0.2, -0.15) is 4.39 Å². The molecule has 0 unspecified atom stereocenters. The van der Waals surface area contributed by atoms with Gasteiger partial charge in [0, 0.05) is 7.05 Å². The molecule has 0 spiro atoms. The van der Waals surface area contributed by atoms with Crippen LogP contribution < -0.4 is 4.74 Å². The van der Waals surface area contributed by atoms with Crippen LogP contribution in [0, 0.1) is 5.95 Å². The molecule has 0 radical (unpaired) electrons. The molecular weight excluding hydrogens is 275 g/mol. The minimum absolute atomic E-state index is 0.337. The predicted octanol–water partition coefficient (Wildman–Crippen LogP) is 3.00. The van der Waals surface area contributed by atoms with Gasteiger partial charge in [0.1, 0.15) is 18.0 Å². The number of pyridine rings is 1. The summed E-state index contributed by atoms with van der Waals surface area (Å²) in [5.74, 6) is -0.0605. The van der Waals surface area contributed by atoms with Crippen molar-refractivity contribution in [2.75, 3.05) is 13.7 Å². The lowest BCUT2D eigenvalue weighted by molar-refractivity contribution is 0.0139. The van der Waals surface area contributed by atoms with Crippen LogP contribution in [0.4, 0.5) is 9.18 Å². The molecule has 2 rings (SSSR count). The molecule has 1 aliphatic rings. The van der Waals surface area contributed by atoms with Crippen LogP contribution in [0.5, 0.6) is 5.75 Å². The van der Waals surface area contributed by atoms with E-state index in [9.17, 15) is 9.18 Å². The van der Waals surface area contributed by atoms with Crippen molar-refractivity contribution in [1.29, 1.82) is 0 Å². The van der Waals surface area contributed by atoms with Gasteiger partial charge < -0.3 is 14.4 Å². The molecule has 116 valence electrons. The summed E-state index contributed by atoms with van der Waals surface area (Å²) in [5, 5.41) is 0. The van der Waals surface area contributed by atoms with Crippen LogP contribution in [0.3, 0.4) is 0 Å². The first-order chi connectivity index (χ1) is 9.72. The van der Waals surface area contributed by atoms with Crippen molar-refractivity contribution in [1.82, 2.24) is 9.88 Å². The molecule has 1 fully saturated rings.